The van der Waals surface area contributed by atoms with E-state index in [1.165, 1.54) is 12.4 Å². The molecule has 2 rings (SSSR count). The summed E-state index contributed by atoms with van der Waals surface area (Å²) in [6.45, 7) is 8.16. The summed E-state index contributed by atoms with van der Waals surface area (Å²) in [5.41, 5.74) is 2.11. The summed E-state index contributed by atoms with van der Waals surface area (Å²) >= 11 is 0. The molecule has 1 aromatic rings. The van der Waals surface area contributed by atoms with Crippen LogP contribution in [-0.4, -0.2) is 24.4 Å². The van der Waals surface area contributed by atoms with Gasteiger partial charge in [0.25, 0.3) is 0 Å². The molecule has 0 bridgehead atoms. The first-order chi connectivity index (χ1) is 8.63. The largest absolute Gasteiger partial charge is 0.292 e. The number of aromatic nitrogens is 2. The molecule has 7 nitrogen and oxygen atoms in total. The van der Waals surface area contributed by atoms with Gasteiger partial charge in [-0.05, 0) is 10.8 Å². The zero-order chi connectivity index (χ0) is 14.5. The fourth-order valence-electron chi connectivity index (χ4n) is 2.24. The van der Waals surface area contributed by atoms with Crippen LogP contribution in [0.1, 0.15) is 27.7 Å². The minimum atomic E-state index is -3.61. The summed E-state index contributed by atoms with van der Waals surface area (Å²) in [4.78, 5) is 7.63. The lowest BCUT2D eigenvalue weighted by molar-refractivity contribution is 0.457. The van der Waals surface area contributed by atoms with E-state index < -0.39 is 10.0 Å². The smallest absolute Gasteiger partial charge is 0.243 e. The molecule has 0 saturated heterocycles. The SMILES string of the molecule is CC1(C)C(NS(=O)(=O)c2cnc(NN)nc2)C1(C)C. The third-order valence-electron chi connectivity index (χ3n) is 4.36. The van der Waals surface area contributed by atoms with E-state index in [-0.39, 0.29) is 27.7 Å². The molecule has 0 amide bonds. The minimum absolute atomic E-state index is 0.0324. The zero-order valence-corrected chi connectivity index (χ0v) is 12.2. The van der Waals surface area contributed by atoms with E-state index in [4.69, 9.17) is 5.84 Å². The molecular weight excluding hydrogens is 266 g/mol. The van der Waals surface area contributed by atoms with Crippen LogP contribution in [0.2, 0.25) is 0 Å². The molecule has 1 saturated carbocycles. The Bertz CT molecular complexity index is 566. The number of nitrogens with zero attached hydrogens (tertiary/aromatic N) is 2. The summed E-state index contributed by atoms with van der Waals surface area (Å²) in [5.74, 6) is 5.30. The molecule has 1 aromatic heterocycles. The Balaban J connectivity index is 2.20. The number of sulfonamides is 1. The summed E-state index contributed by atoms with van der Waals surface area (Å²) in [6.07, 6.45) is 2.46. The summed E-state index contributed by atoms with van der Waals surface area (Å²) in [7, 11) is -3.61. The second-order valence-electron chi connectivity index (χ2n) is 5.88. The average molecular weight is 285 g/mol. The molecule has 8 heteroatoms. The molecule has 19 heavy (non-hydrogen) atoms. The standard InChI is InChI=1S/C11H19N5O2S/c1-10(2)8(11(10,3)4)16-19(17,18)7-5-13-9(15-12)14-6-7/h5-6,8,16H,12H2,1-4H3,(H,13,14,15). The highest BCUT2D eigenvalue weighted by molar-refractivity contribution is 7.89. The number of nitrogen functional groups attached to an aromatic ring is 1. The Hall–Kier alpha value is -1.25. The number of hydrazine groups is 1. The van der Waals surface area contributed by atoms with Crippen molar-refractivity contribution < 1.29 is 8.42 Å². The van der Waals surface area contributed by atoms with E-state index in [1.807, 2.05) is 27.7 Å². The fraction of sp³-hybridized carbons (Fsp3) is 0.636. The number of hydrogen-bond acceptors (Lipinski definition) is 6. The van der Waals surface area contributed by atoms with Gasteiger partial charge in [-0.3, -0.25) is 5.43 Å². The minimum Gasteiger partial charge on any atom is -0.292 e. The van der Waals surface area contributed by atoms with Gasteiger partial charge in [0, 0.05) is 6.04 Å². The predicted octanol–water partition coefficient (Wildman–Crippen LogP) is 0.475. The Kier molecular flexibility index (Phi) is 3.07. The number of hydrogen-bond donors (Lipinski definition) is 3. The van der Waals surface area contributed by atoms with Gasteiger partial charge in [-0.2, -0.15) is 0 Å². The van der Waals surface area contributed by atoms with Gasteiger partial charge in [-0.15, -0.1) is 0 Å². The molecule has 0 atom stereocenters. The highest BCUT2D eigenvalue weighted by Gasteiger charge is 2.66. The van der Waals surface area contributed by atoms with Crippen molar-refractivity contribution in [1.82, 2.24) is 14.7 Å². The number of nitrogens with one attached hydrogen (secondary N) is 2. The molecule has 1 heterocycles. The van der Waals surface area contributed by atoms with Crippen molar-refractivity contribution in [1.29, 1.82) is 0 Å². The highest BCUT2D eigenvalue weighted by Crippen LogP contribution is 2.62. The monoisotopic (exact) mass is 285 g/mol. The van der Waals surface area contributed by atoms with E-state index in [0.717, 1.165) is 0 Å². The van der Waals surface area contributed by atoms with Gasteiger partial charge in [0.05, 0.1) is 12.4 Å². The van der Waals surface area contributed by atoms with Crippen molar-refractivity contribution in [2.75, 3.05) is 5.43 Å². The van der Waals surface area contributed by atoms with E-state index in [2.05, 4.69) is 20.1 Å². The first-order valence-electron chi connectivity index (χ1n) is 5.94. The first kappa shape index (κ1) is 14.2. The van der Waals surface area contributed by atoms with E-state index >= 15 is 0 Å². The van der Waals surface area contributed by atoms with Gasteiger partial charge in [-0.25, -0.2) is 29.0 Å². The summed E-state index contributed by atoms with van der Waals surface area (Å²) < 4.78 is 27.1. The van der Waals surface area contributed by atoms with Crippen LogP contribution in [0.3, 0.4) is 0 Å². The Labute approximate surface area is 113 Å². The molecular formula is C11H19N5O2S. The van der Waals surface area contributed by atoms with Crippen molar-refractivity contribution in [2.24, 2.45) is 16.7 Å². The predicted molar refractivity (Wildman–Crippen MR) is 71.5 cm³/mol. The zero-order valence-electron chi connectivity index (χ0n) is 11.4. The Morgan fingerprint density at radius 1 is 1.16 bits per heavy atom. The van der Waals surface area contributed by atoms with Gasteiger partial charge in [0.2, 0.25) is 16.0 Å². The molecule has 1 aliphatic rings. The van der Waals surface area contributed by atoms with Gasteiger partial charge in [0.1, 0.15) is 4.90 Å². The highest BCUT2D eigenvalue weighted by atomic mass is 32.2. The van der Waals surface area contributed by atoms with Crippen LogP contribution in [0.4, 0.5) is 5.95 Å². The molecule has 1 aliphatic carbocycles. The quantitative estimate of drug-likeness (QED) is 0.548. The normalized spacial score (nSPS) is 21.1. The maximum absolute atomic E-state index is 12.2. The molecule has 0 spiro atoms. The van der Waals surface area contributed by atoms with E-state index in [0.29, 0.717) is 0 Å². The van der Waals surface area contributed by atoms with Gasteiger partial charge >= 0.3 is 0 Å². The van der Waals surface area contributed by atoms with Crippen molar-refractivity contribution in [3.05, 3.63) is 12.4 Å². The third-order valence-corrected chi connectivity index (χ3v) is 5.74. The topological polar surface area (TPSA) is 110 Å². The molecule has 0 aliphatic heterocycles. The lowest BCUT2D eigenvalue weighted by Crippen LogP contribution is -2.30. The average Bonchev–Trinajstić information content (AvgIpc) is 2.71. The van der Waals surface area contributed by atoms with Crippen LogP contribution in [0.5, 0.6) is 0 Å². The number of rotatable bonds is 4. The van der Waals surface area contributed by atoms with Crippen LogP contribution >= 0.6 is 0 Å². The maximum Gasteiger partial charge on any atom is 0.243 e. The van der Waals surface area contributed by atoms with Crippen LogP contribution < -0.4 is 16.0 Å². The fourth-order valence-corrected chi connectivity index (χ4v) is 3.66. The van der Waals surface area contributed by atoms with Crippen LogP contribution in [0, 0.1) is 10.8 Å². The maximum atomic E-state index is 12.2. The van der Waals surface area contributed by atoms with Gasteiger partial charge in [0.15, 0.2) is 0 Å². The lowest BCUT2D eigenvalue weighted by Gasteiger charge is -2.08. The Morgan fingerprint density at radius 3 is 2.00 bits per heavy atom. The van der Waals surface area contributed by atoms with Crippen molar-refractivity contribution >= 4 is 16.0 Å². The van der Waals surface area contributed by atoms with Crippen molar-refractivity contribution in [3.8, 4) is 0 Å². The van der Waals surface area contributed by atoms with Crippen molar-refractivity contribution in [3.63, 3.8) is 0 Å². The van der Waals surface area contributed by atoms with Crippen molar-refractivity contribution in [2.45, 2.75) is 38.6 Å². The number of nitrogens with two attached hydrogens (primary N) is 1. The molecule has 106 valence electrons. The van der Waals surface area contributed by atoms with E-state index in [1.54, 1.807) is 0 Å². The lowest BCUT2D eigenvalue weighted by atomic mass is 10.0. The molecule has 1 fully saturated rings. The first-order valence-corrected chi connectivity index (χ1v) is 7.42. The van der Waals surface area contributed by atoms with Crippen LogP contribution in [-0.2, 0) is 10.0 Å². The number of anilines is 1. The molecule has 0 radical (unpaired) electrons. The second kappa shape index (κ2) is 4.12. The van der Waals surface area contributed by atoms with E-state index in [9.17, 15) is 8.42 Å². The second-order valence-corrected chi connectivity index (χ2v) is 7.60. The molecule has 0 unspecified atom stereocenters. The Morgan fingerprint density at radius 2 is 1.63 bits per heavy atom. The molecule has 4 N–H and O–H groups in total. The van der Waals surface area contributed by atoms with Crippen LogP contribution in [0.15, 0.2) is 17.3 Å². The van der Waals surface area contributed by atoms with Gasteiger partial charge in [-0.1, -0.05) is 27.7 Å². The summed E-state index contributed by atoms with van der Waals surface area (Å²) in [5, 5.41) is 0. The van der Waals surface area contributed by atoms with Gasteiger partial charge < -0.3 is 0 Å². The molecule has 0 aromatic carbocycles. The summed E-state index contributed by atoms with van der Waals surface area (Å²) in [6, 6.07) is -0.0997. The van der Waals surface area contributed by atoms with Crippen LogP contribution in [0.25, 0.3) is 0 Å². The third kappa shape index (κ3) is 2.19.